The quantitative estimate of drug-likeness (QED) is 0.807. The van der Waals surface area contributed by atoms with Crippen LogP contribution in [0.3, 0.4) is 0 Å². The van der Waals surface area contributed by atoms with Crippen LogP contribution in [0.5, 0.6) is 0 Å². The van der Waals surface area contributed by atoms with E-state index in [9.17, 15) is 13.2 Å². The van der Waals surface area contributed by atoms with Crippen molar-refractivity contribution < 1.29 is 13.2 Å². The third-order valence-corrected chi connectivity index (χ3v) is 4.22. The Labute approximate surface area is 101 Å². The zero-order valence-electron chi connectivity index (χ0n) is 10.3. The number of alkyl halides is 3. The van der Waals surface area contributed by atoms with E-state index in [-0.39, 0.29) is 12.8 Å². The van der Waals surface area contributed by atoms with Crippen molar-refractivity contribution in [3.05, 3.63) is 0 Å². The zero-order valence-corrected chi connectivity index (χ0v) is 10.3. The van der Waals surface area contributed by atoms with Crippen molar-refractivity contribution in [1.29, 1.82) is 0 Å². The molecule has 0 bridgehead atoms. The first kappa shape index (κ1) is 13.1. The van der Waals surface area contributed by atoms with Gasteiger partial charge >= 0.3 is 6.18 Å². The second-order valence-corrected chi connectivity index (χ2v) is 5.51. The number of likely N-dealkylation sites (tertiary alicyclic amines) is 1. The molecule has 0 aromatic rings. The zero-order chi connectivity index (χ0) is 12.5. The highest BCUT2D eigenvalue weighted by Gasteiger charge is 2.41. The summed E-state index contributed by atoms with van der Waals surface area (Å²) in [6, 6.07) is 0. The molecular weight excluding hydrogens is 229 g/mol. The van der Waals surface area contributed by atoms with Crippen LogP contribution in [0.15, 0.2) is 0 Å². The maximum Gasteiger partial charge on any atom is 0.391 e. The third kappa shape index (κ3) is 3.35. The van der Waals surface area contributed by atoms with Crippen molar-refractivity contribution in [1.82, 2.24) is 10.2 Å². The summed E-state index contributed by atoms with van der Waals surface area (Å²) >= 11 is 0. The molecule has 17 heavy (non-hydrogen) atoms. The molecule has 0 spiro atoms. The lowest BCUT2D eigenvalue weighted by Gasteiger charge is -2.34. The summed E-state index contributed by atoms with van der Waals surface area (Å²) < 4.78 is 37.5. The third-order valence-electron chi connectivity index (χ3n) is 4.22. The molecule has 0 unspecified atom stereocenters. The van der Waals surface area contributed by atoms with Crippen LogP contribution in [0.4, 0.5) is 13.2 Å². The minimum atomic E-state index is -3.99. The molecule has 2 rings (SSSR count). The van der Waals surface area contributed by atoms with Crippen LogP contribution in [0.1, 0.15) is 19.8 Å². The molecule has 0 radical (unpaired) electrons. The van der Waals surface area contributed by atoms with Crippen LogP contribution in [0.25, 0.3) is 0 Å². The lowest BCUT2D eigenvalue weighted by molar-refractivity contribution is -0.185. The van der Waals surface area contributed by atoms with Gasteiger partial charge < -0.3 is 10.2 Å². The molecule has 5 heteroatoms. The normalized spacial score (nSPS) is 33.2. The summed E-state index contributed by atoms with van der Waals surface area (Å²) in [6.07, 6.45) is -3.44. The average Bonchev–Trinajstić information content (AvgIpc) is 2.64. The number of hydrogen-bond acceptors (Lipinski definition) is 2. The van der Waals surface area contributed by atoms with E-state index in [0.717, 1.165) is 19.6 Å². The standard InChI is InChI=1S/C12H21F3N2/c1-9-6-16-7-10(9)8-17-4-2-11(3-5-17)12(13,14)15/h9-11,16H,2-8H2,1H3/t9-,10+/m1/s1. The van der Waals surface area contributed by atoms with Crippen LogP contribution in [-0.4, -0.2) is 43.8 Å². The second kappa shape index (κ2) is 5.14. The lowest BCUT2D eigenvalue weighted by Crippen LogP contribution is -2.42. The molecule has 0 aliphatic carbocycles. The molecule has 0 saturated carbocycles. The Bertz CT molecular complexity index is 247. The van der Waals surface area contributed by atoms with E-state index in [2.05, 4.69) is 17.1 Å². The summed E-state index contributed by atoms with van der Waals surface area (Å²) in [5.74, 6) is 0.186. The fourth-order valence-corrected chi connectivity index (χ4v) is 2.88. The molecule has 2 atom stereocenters. The molecular formula is C12H21F3N2. The summed E-state index contributed by atoms with van der Waals surface area (Å²) in [5, 5.41) is 3.34. The van der Waals surface area contributed by atoms with Crippen molar-refractivity contribution in [3.63, 3.8) is 0 Å². The Morgan fingerprint density at radius 1 is 1.18 bits per heavy atom. The molecule has 2 aliphatic rings. The Hall–Kier alpha value is -0.290. The lowest BCUT2D eigenvalue weighted by atomic mass is 9.93. The van der Waals surface area contributed by atoms with Gasteiger partial charge in [-0.15, -0.1) is 0 Å². The van der Waals surface area contributed by atoms with E-state index >= 15 is 0 Å². The Balaban J connectivity index is 1.76. The van der Waals surface area contributed by atoms with Gasteiger partial charge in [-0.1, -0.05) is 6.92 Å². The number of halogens is 3. The molecule has 0 aromatic carbocycles. The van der Waals surface area contributed by atoms with E-state index in [1.54, 1.807) is 0 Å². The average molecular weight is 250 g/mol. The number of hydrogen-bond donors (Lipinski definition) is 1. The van der Waals surface area contributed by atoms with Gasteiger partial charge in [0.1, 0.15) is 0 Å². The van der Waals surface area contributed by atoms with Crippen molar-refractivity contribution >= 4 is 0 Å². The molecule has 2 nitrogen and oxygen atoms in total. The predicted octanol–water partition coefficient (Wildman–Crippen LogP) is 2.12. The minimum Gasteiger partial charge on any atom is -0.316 e. The van der Waals surface area contributed by atoms with Crippen LogP contribution in [0.2, 0.25) is 0 Å². The molecule has 2 heterocycles. The van der Waals surface area contributed by atoms with Crippen molar-refractivity contribution in [2.24, 2.45) is 17.8 Å². The first-order valence-corrected chi connectivity index (χ1v) is 6.46. The fraction of sp³-hybridized carbons (Fsp3) is 1.00. The number of rotatable bonds is 2. The van der Waals surface area contributed by atoms with E-state index in [1.807, 2.05) is 0 Å². The van der Waals surface area contributed by atoms with Crippen LogP contribution >= 0.6 is 0 Å². The smallest absolute Gasteiger partial charge is 0.316 e. The van der Waals surface area contributed by atoms with E-state index in [1.165, 1.54) is 0 Å². The van der Waals surface area contributed by atoms with Gasteiger partial charge in [0.25, 0.3) is 0 Å². The number of piperidine rings is 1. The summed E-state index contributed by atoms with van der Waals surface area (Å²) in [7, 11) is 0. The highest BCUT2D eigenvalue weighted by Crippen LogP contribution is 2.34. The Kier molecular flexibility index (Phi) is 3.98. The fourth-order valence-electron chi connectivity index (χ4n) is 2.88. The first-order chi connectivity index (χ1) is 7.97. The molecule has 100 valence electrons. The molecule has 0 aromatic heterocycles. The summed E-state index contributed by atoms with van der Waals surface area (Å²) in [6.45, 7) is 6.44. The van der Waals surface area contributed by atoms with Gasteiger partial charge in [0.05, 0.1) is 5.92 Å². The maximum absolute atomic E-state index is 12.5. The molecule has 2 fully saturated rings. The Morgan fingerprint density at radius 2 is 1.82 bits per heavy atom. The summed E-state index contributed by atoms with van der Waals surface area (Å²) in [5.41, 5.74) is 0. The number of nitrogens with one attached hydrogen (secondary N) is 1. The van der Waals surface area contributed by atoms with Gasteiger partial charge in [-0.05, 0) is 50.9 Å². The van der Waals surface area contributed by atoms with Gasteiger partial charge in [-0.25, -0.2) is 0 Å². The molecule has 1 N–H and O–H groups in total. The summed E-state index contributed by atoms with van der Waals surface area (Å²) in [4.78, 5) is 2.20. The second-order valence-electron chi connectivity index (χ2n) is 5.51. The first-order valence-electron chi connectivity index (χ1n) is 6.46. The van der Waals surface area contributed by atoms with Gasteiger partial charge in [0.2, 0.25) is 0 Å². The maximum atomic E-state index is 12.5. The molecule has 2 aliphatic heterocycles. The van der Waals surface area contributed by atoms with Crippen LogP contribution in [0, 0.1) is 17.8 Å². The highest BCUT2D eigenvalue weighted by molar-refractivity contribution is 4.83. The number of nitrogens with zero attached hydrogens (tertiary/aromatic N) is 1. The van der Waals surface area contributed by atoms with E-state index < -0.39 is 12.1 Å². The topological polar surface area (TPSA) is 15.3 Å². The Morgan fingerprint density at radius 3 is 2.29 bits per heavy atom. The van der Waals surface area contributed by atoms with Crippen LogP contribution < -0.4 is 5.32 Å². The van der Waals surface area contributed by atoms with Crippen LogP contribution in [-0.2, 0) is 0 Å². The van der Waals surface area contributed by atoms with Crippen molar-refractivity contribution in [2.45, 2.75) is 25.9 Å². The van der Waals surface area contributed by atoms with E-state index in [0.29, 0.717) is 24.9 Å². The van der Waals surface area contributed by atoms with Gasteiger partial charge in [-0.3, -0.25) is 0 Å². The monoisotopic (exact) mass is 250 g/mol. The van der Waals surface area contributed by atoms with Gasteiger partial charge in [-0.2, -0.15) is 13.2 Å². The van der Waals surface area contributed by atoms with Gasteiger partial charge in [0.15, 0.2) is 0 Å². The highest BCUT2D eigenvalue weighted by atomic mass is 19.4. The largest absolute Gasteiger partial charge is 0.391 e. The van der Waals surface area contributed by atoms with E-state index in [4.69, 9.17) is 0 Å². The van der Waals surface area contributed by atoms with Crippen molar-refractivity contribution in [2.75, 3.05) is 32.7 Å². The molecule has 0 amide bonds. The minimum absolute atomic E-state index is 0.276. The van der Waals surface area contributed by atoms with Crippen molar-refractivity contribution in [3.8, 4) is 0 Å². The van der Waals surface area contributed by atoms with Gasteiger partial charge in [0, 0.05) is 6.54 Å². The predicted molar refractivity (Wildman–Crippen MR) is 60.7 cm³/mol. The molecule has 2 saturated heterocycles. The SMILES string of the molecule is C[C@@H]1CNC[C@H]1CN1CCC(C(F)(F)F)CC1.